The number of nitrogens with one attached hydrogen (secondary N) is 2. The lowest BCUT2D eigenvalue weighted by Gasteiger charge is -2.32. The largest absolute Gasteiger partial charge is 0.366 e. The van der Waals surface area contributed by atoms with E-state index in [2.05, 4.69) is 16.6 Å². The number of pyridine rings is 1. The molecule has 0 amide bonds. The van der Waals surface area contributed by atoms with E-state index in [-0.39, 0.29) is 10.9 Å². The minimum Gasteiger partial charge on any atom is -0.366 e. The van der Waals surface area contributed by atoms with E-state index < -0.39 is 15.5 Å². The van der Waals surface area contributed by atoms with Crippen molar-refractivity contribution in [1.82, 2.24) is 9.71 Å². The van der Waals surface area contributed by atoms with E-state index in [9.17, 15) is 13.2 Å². The van der Waals surface area contributed by atoms with E-state index in [0.717, 1.165) is 12.8 Å². The van der Waals surface area contributed by atoms with Crippen LogP contribution in [-0.2, 0) is 10.0 Å². The number of hydrogen-bond donors (Lipinski definition) is 2. The van der Waals surface area contributed by atoms with E-state index in [1.165, 1.54) is 18.5 Å². The van der Waals surface area contributed by atoms with Gasteiger partial charge in [-0.05, 0) is 18.8 Å². The van der Waals surface area contributed by atoms with Crippen LogP contribution < -0.4 is 10.2 Å². The number of aromatic amines is 1. The van der Waals surface area contributed by atoms with E-state index in [1.807, 2.05) is 0 Å². The predicted octanol–water partition coefficient (Wildman–Crippen LogP) is 0.452. The Morgan fingerprint density at radius 2 is 2.12 bits per heavy atom. The number of aromatic nitrogens is 1. The SMILES string of the molecule is CC1CC(NS(=O)(=O)c2c[nH]ccc2=O)C1. The van der Waals surface area contributed by atoms with Crippen molar-refractivity contribution in [1.29, 1.82) is 0 Å². The fraction of sp³-hybridized carbons (Fsp3) is 0.500. The van der Waals surface area contributed by atoms with Crippen molar-refractivity contribution in [3.05, 3.63) is 28.7 Å². The first kappa shape index (κ1) is 11.3. The Hall–Kier alpha value is -1.14. The number of H-pyrrole nitrogens is 1. The van der Waals surface area contributed by atoms with Gasteiger partial charge in [-0.15, -0.1) is 0 Å². The minimum absolute atomic E-state index is 0.0281. The highest BCUT2D eigenvalue weighted by Crippen LogP contribution is 2.27. The fourth-order valence-electron chi connectivity index (χ4n) is 1.89. The highest BCUT2D eigenvalue weighted by atomic mass is 32.2. The van der Waals surface area contributed by atoms with Crippen LogP contribution in [0, 0.1) is 5.92 Å². The molecule has 16 heavy (non-hydrogen) atoms. The maximum atomic E-state index is 11.8. The third-order valence-corrected chi connectivity index (χ3v) is 4.32. The van der Waals surface area contributed by atoms with Crippen molar-refractivity contribution in [3.63, 3.8) is 0 Å². The van der Waals surface area contributed by atoms with E-state index in [0.29, 0.717) is 5.92 Å². The Labute approximate surface area is 93.9 Å². The zero-order chi connectivity index (χ0) is 11.8. The number of sulfonamides is 1. The summed E-state index contributed by atoms with van der Waals surface area (Å²) in [6.45, 7) is 2.07. The van der Waals surface area contributed by atoms with Crippen LogP contribution in [0.3, 0.4) is 0 Å². The summed E-state index contributed by atoms with van der Waals surface area (Å²) in [5.41, 5.74) is -0.487. The summed E-state index contributed by atoms with van der Waals surface area (Å²) >= 11 is 0. The molecule has 0 bridgehead atoms. The molecule has 0 saturated heterocycles. The van der Waals surface area contributed by atoms with Crippen LogP contribution >= 0.6 is 0 Å². The molecule has 1 heterocycles. The zero-order valence-corrected chi connectivity index (χ0v) is 9.75. The summed E-state index contributed by atoms with van der Waals surface area (Å²) in [6, 6.07) is 1.18. The van der Waals surface area contributed by atoms with Crippen LogP contribution in [0.15, 0.2) is 28.2 Å². The molecule has 0 aliphatic heterocycles. The third kappa shape index (κ3) is 2.17. The molecule has 2 rings (SSSR count). The molecule has 5 nitrogen and oxygen atoms in total. The first-order valence-electron chi connectivity index (χ1n) is 5.18. The molecule has 0 unspecified atom stereocenters. The van der Waals surface area contributed by atoms with Gasteiger partial charge in [-0.3, -0.25) is 4.79 Å². The van der Waals surface area contributed by atoms with Crippen molar-refractivity contribution in [2.45, 2.75) is 30.7 Å². The molecule has 1 aliphatic carbocycles. The second-order valence-corrected chi connectivity index (χ2v) is 5.95. The van der Waals surface area contributed by atoms with Gasteiger partial charge >= 0.3 is 0 Å². The van der Waals surface area contributed by atoms with Crippen molar-refractivity contribution in [3.8, 4) is 0 Å². The van der Waals surface area contributed by atoms with Gasteiger partial charge in [0.2, 0.25) is 15.5 Å². The normalized spacial score (nSPS) is 25.1. The van der Waals surface area contributed by atoms with Gasteiger partial charge < -0.3 is 4.98 Å². The average molecular weight is 242 g/mol. The Kier molecular flexibility index (Phi) is 2.86. The van der Waals surface area contributed by atoms with Gasteiger partial charge in [-0.2, -0.15) is 0 Å². The van der Waals surface area contributed by atoms with Crippen molar-refractivity contribution in [2.24, 2.45) is 5.92 Å². The summed E-state index contributed by atoms with van der Waals surface area (Å²) in [6.07, 6.45) is 4.30. The predicted molar refractivity (Wildman–Crippen MR) is 59.6 cm³/mol. The Morgan fingerprint density at radius 3 is 2.69 bits per heavy atom. The van der Waals surface area contributed by atoms with Crippen molar-refractivity contribution in [2.75, 3.05) is 0 Å². The molecule has 1 saturated carbocycles. The van der Waals surface area contributed by atoms with Gasteiger partial charge in [0, 0.05) is 24.5 Å². The molecule has 1 aromatic rings. The lowest BCUT2D eigenvalue weighted by Crippen LogP contribution is -2.44. The number of rotatable bonds is 3. The summed E-state index contributed by atoms with van der Waals surface area (Å²) in [5, 5.41) is 0. The summed E-state index contributed by atoms with van der Waals surface area (Å²) < 4.78 is 26.2. The van der Waals surface area contributed by atoms with Gasteiger partial charge in [-0.1, -0.05) is 6.92 Å². The highest BCUT2D eigenvalue weighted by Gasteiger charge is 2.30. The van der Waals surface area contributed by atoms with Crippen molar-refractivity contribution >= 4 is 10.0 Å². The molecule has 0 aromatic carbocycles. The molecule has 0 atom stereocenters. The molecular weight excluding hydrogens is 228 g/mol. The van der Waals surface area contributed by atoms with Crippen LogP contribution in [0.2, 0.25) is 0 Å². The lowest BCUT2D eigenvalue weighted by molar-refractivity contribution is 0.270. The van der Waals surface area contributed by atoms with E-state index in [4.69, 9.17) is 0 Å². The maximum Gasteiger partial charge on any atom is 0.246 e. The van der Waals surface area contributed by atoms with Gasteiger partial charge in [0.15, 0.2) is 0 Å². The van der Waals surface area contributed by atoms with Crippen LogP contribution in [0.5, 0.6) is 0 Å². The second-order valence-electron chi connectivity index (χ2n) is 4.27. The third-order valence-electron chi connectivity index (χ3n) is 2.77. The average Bonchev–Trinajstić information content (AvgIpc) is 2.15. The minimum atomic E-state index is -3.67. The second kappa shape index (κ2) is 4.03. The topological polar surface area (TPSA) is 79.0 Å². The highest BCUT2D eigenvalue weighted by molar-refractivity contribution is 7.89. The van der Waals surface area contributed by atoms with Crippen LogP contribution in [0.25, 0.3) is 0 Å². The van der Waals surface area contributed by atoms with Crippen LogP contribution in [0.4, 0.5) is 0 Å². The first-order valence-corrected chi connectivity index (χ1v) is 6.67. The molecule has 1 aliphatic rings. The molecule has 6 heteroatoms. The standard InChI is InChI=1S/C10H14N2O3S/c1-7-4-8(5-7)12-16(14,15)10-6-11-3-2-9(10)13/h2-3,6-8,12H,4-5H2,1H3,(H,11,13). The fourth-order valence-corrected chi connectivity index (χ4v) is 3.21. The van der Waals surface area contributed by atoms with Gasteiger partial charge in [0.1, 0.15) is 4.90 Å². The zero-order valence-electron chi connectivity index (χ0n) is 8.93. The Balaban J connectivity index is 2.20. The first-order chi connectivity index (χ1) is 7.49. The van der Waals surface area contributed by atoms with Crippen LogP contribution in [0.1, 0.15) is 19.8 Å². The van der Waals surface area contributed by atoms with Gasteiger partial charge in [0.05, 0.1) is 0 Å². The smallest absolute Gasteiger partial charge is 0.246 e. The molecular formula is C10H14N2O3S. The molecule has 1 aromatic heterocycles. The summed E-state index contributed by atoms with van der Waals surface area (Å²) in [5.74, 6) is 0.557. The Bertz CT molecular complexity index is 529. The molecule has 88 valence electrons. The number of hydrogen-bond acceptors (Lipinski definition) is 3. The summed E-state index contributed by atoms with van der Waals surface area (Å²) in [7, 11) is -3.67. The lowest BCUT2D eigenvalue weighted by atomic mass is 9.83. The molecule has 0 spiro atoms. The molecule has 1 fully saturated rings. The Morgan fingerprint density at radius 1 is 1.44 bits per heavy atom. The molecule has 2 N–H and O–H groups in total. The van der Waals surface area contributed by atoms with Crippen molar-refractivity contribution < 1.29 is 8.42 Å². The van der Waals surface area contributed by atoms with Crippen LogP contribution in [-0.4, -0.2) is 19.4 Å². The monoisotopic (exact) mass is 242 g/mol. The van der Waals surface area contributed by atoms with Gasteiger partial charge in [0.25, 0.3) is 0 Å². The molecule has 0 radical (unpaired) electrons. The van der Waals surface area contributed by atoms with E-state index >= 15 is 0 Å². The maximum absolute atomic E-state index is 11.8. The van der Waals surface area contributed by atoms with Gasteiger partial charge in [-0.25, -0.2) is 13.1 Å². The summed E-state index contributed by atoms with van der Waals surface area (Å²) in [4.78, 5) is 13.8. The van der Waals surface area contributed by atoms with E-state index in [1.54, 1.807) is 0 Å². The quantitative estimate of drug-likeness (QED) is 0.807.